The highest BCUT2D eigenvalue weighted by molar-refractivity contribution is 5.78. The zero-order valence-electron chi connectivity index (χ0n) is 13.1. The van der Waals surface area contributed by atoms with Crippen LogP contribution in [0.3, 0.4) is 0 Å². The summed E-state index contributed by atoms with van der Waals surface area (Å²) >= 11 is 0. The monoisotopic (exact) mass is 318 g/mol. The van der Waals surface area contributed by atoms with Gasteiger partial charge in [0.2, 0.25) is 0 Å². The van der Waals surface area contributed by atoms with Crippen molar-refractivity contribution >= 4 is 11.6 Å². The second-order valence-electron chi connectivity index (χ2n) is 6.38. The molecule has 1 aromatic carbocycles. The van der Waals surface area contributed by atoms with E-state index < -0.39 is 4.92 Å². The Kier molecular flexibility index (Phi) is 4.79. The van der Waals surface area contributed by atoms with Crippen molar-refractivity contribution in [2.45, 2.75) is 44.6 Å². The SMILES string of the molecule is O=C(COc1cccc([N+](=O)[O-])c1)N1CCC[C@@H]2CCCC[C@H]21. The van der Waals surface area contributed by atoms with Crippen molar-refractivity contribution in [3.05, 3.63) is 34.4 Å². The summed E-state index contributed by atoms with van der Waals surface area (Å²) in [6.45, 7) is 0.753. The van der Waals surface area contributed by atoms with E-state index in [9.17, 15) is 14.9 Å². The fourth-order valence-electron chi connectivity index (χ4n) is 3.85. The normalized spacial score (nSPS) is 23.9. The van der Waals surface area contributed by atoms with Gasteiger partial charge in [0.25, 0.3) is 11.6 Å². The van der Waals surface area contributed by atoms with Crippen LogP contribution in [0.4, 0.5) is 5.69 Å². The minimum atomic E-state index is -0.466. The van der Waals surface area contributed by atoms with E-state index in [2.05, 4.69) is 0 Å². The van der Waals surface area contributed by atoms with Crippen LogP contribution in [0.1, 0.15) is 38.5 Å². The van der Waals surface area contributed by atoms with E-state index in [-0.39, 0.29) is 18.2 Å². The van der Waals surface area contributed by atoms with Crippen molar-refractivity contribution in [3.8, 4) is 5.75 Å². The lowest BCUT2D eigenvalue weighted by Gasteiger charge is -2.44. The van der Waals surface area contributed by atoms with Gasteiger partial charge in [-0.1, -0.05) is 18.9 Å². The number of likely N-dealkylation sites (tertiary alicyclic amines) is 1. The number of non-ortho nitro benzene ring substituents is 1. The lowest BCUT2D eigenvalue weighted by molar-refractivity contribution is -0.384. The van der Waals surface area contributed by atoms with Crippen LogP contribution in [0.15, 0.2) is 24.3 Å². The molecule has 1 amide bonds. The van der Waals surface area contributed by atoms with Crippen molar-refractivity contribution < 1.29 is 14.5 Å². The lowest BCUT2D eigenvalue weighted by Crippen LogP contribution is -2.51. The number of hydrogen-bond donors (Lipinski definition) is 0. The Hall–Kier alpha value is -2.11. The van der Waals surface area contributed by atoms with Crippen molar-refractivity contribution in [1.82, 2.24) is 4.90 Å². The Morgan fingerprint density at radius 2 is 2.04 bits per heavy atom. The van der Waals surface area contributed by atoms with Gasteiger partial charge in [-0.25, -0.2) is 0 Å². The van der Waals surface area contributed by atoms with Crippen LogP contribution in [0.25, 0.3) is 0 Å². The summed E-state index contributed by atoms with van der Waals surface area (Å²) in [5.41, 5.74) is -0.0275. The van der Waals surface area contributed by atoms with Crippen molar-refractivity contribution in [3.63, 3.8) is 0 Å². The molecular formula is C17H22N2O4. The van der Waals surface area contributed by atoms with Crippen molar-refractivity contribution in [2.75, 3.05) is 13.2 Å². The average Bonchev–Trinajstić information content (AvgIpc) is 2.59. The van der Waals surface area contributed by atoms with Gasteiger partial charge in [0.05, 0.1) is 11.0 Å². The number of hydrogen-bond acceptors (Lipinski definition) is 4. The molecule has 1 saturated carbocycles. The summed E-state index contributed by atoms with van der Waals surface area (Å²) < 4.78 is 5.50. The molecular weight excluding hydrogens is 296 g/mol. The Balaban J connectivity index is 1.60. The molecule has 1 heterocycles. The number of carbonyl (C=O) groups is 1. The zero-order valence-corrected chi connectivity index (χ0v) is 13.1. The molecule has 6 nitrogen and oxygen atoms in total. The van der Waals surface area contributed by atoms with E-state index in [4.69, 9.17) is 4.74 Å². The number of fused-ring (bicyclic) bond motifs is 1. The molecule has 0 unspecified atom stereocenters. The van der Waals surface area contributed by atoms with Crippen LogP contribution in [-0.4, -0.2) is 34.9 Å². The summed E-state index contributed by atoms with van der Waals surface area (Å²) in [7, 11) is 0. The lowest BCUT2D eigenvalue weighted by atomic mass is 9.78. The predicted molar refractivity (Wildman–Crippen MR) is 85.3 cm³/mol. The molecule has 0 aromatic heterocycles. The van der Waals surface area contributed by atoms with E-state index in [0.29, 0.717) is 17.7 Å². The maximum absolute atomic E-state index is 12.5. The van der Waals surface area contributed by atoms with Crippen LogP contribution in [0.5, 0.6) is 5.75 Å². The number of nitro benzene ring substituents is 1. The first-order valence-corrected chi connectivity index (χ1v) is 8.32. The quantitative estimate of drug-likeness (QED) is 0.631. The number of nitrogens with zero attached hydrogens (tertiary/aromatic N) is 2. The fraction of sp³-hybridized carbons (Fsp3) is 0.588. The van der Waals surface area contributed by atoms with Crippen LogP contribution in [0.2, 0.25) is 0 Å². The van der Waals surface area contributed by atoms with Gasteiger partial charge in [0.1, 0.15) is 5.75 Å². The topological polar surface area (TPSA) is 72.7 Å². The molecule has 0 radical (unpaired) electrons. The van der Waals surface area contributed by atoms with Gasteiger partial charge in [-0.15, -0.1) is 0 Å². The molecule has 124 valence electrons. The van der Waals surface area contributed by atoms with E-state index >= 15 is 0 Å². The van der Waals surface area contributed by atoms with E-state index in [0.717, 1.165) is 19.4 Å². The Bertz CT molecular complexity index is 588. The summed E-state index contributed by atoms with van der Waals surface area (Å²) in [6.07, 6.45) is 7.06. The third-order valence-corrected chi connectivity index (χ3v) is 4.95. The van der Waals surface area contributed by atoms with E-state index in [1.165, 1.54) is 37.8 Å². The molecule has 1 aromatic rings. The molecule has 2 atom stereocenters. The average molecular weight is 318 g/mol. The van der Waals surface area contributed by atoms with Gasteiger partial charge < -0.3 is 9.64 Å². The third kappa shape index (κ3) is 3.63. The minimum absolute atomic E-state index is 0.00638. The van der Waals surface area contributed by atoms with E-state index in [1.54, 1.807) is 12.1 Å². The summed E-state index contributed by atoms with van der Waals surface area (Å²) in [5.74, 6) is 0.997. The van der Waals surface area contributed by atoms with E-state index in [1.807, 2.05) is 4.90 Å². The number of ether oxygens (including phenoxy) is 1. The summed E-state index contributed by atoms with van der Waals surface area (Å²) in [5, 5.41) is 10.8. The molecule has 1 saturated heterocycles. The highest BCUT2D eigenvalue weighted by atomic mass is 16.6. The summed E-state index contributed by atoms with van der Waals surface area (Å²) in [4.78, 5) is 24.8. The molecule has 3 rings (SSSR count). The standard InChI is InChI=1S/C17H22N2O4/c20-17(12-23-15-8-3-7-14(11-15)19(21)22)18-10-4-6-13-5-1-2-9-16(13)18/h3,7-8,11,13,16H,1-2,4-6,9-10,12H2/t13-,16+/m0/s1. The van der Waals surface area contributed by atoms with Crippen molar-refractivity contribution in [1.29, 1.82) is 0 Å². The number of amides is 1. The highest BCUT2D eigenvalue weighted by Gasteiger charge is 2.35. The van der Waals surface area contributed by atoms with Gasteiger partial charge in [0.15, 0.2) is 6.61 Å². The smallest absolute Gasteiger partial charge is 0.273 e. The number of piperidine rings is 1. The molecule has 2 fully saturated rings. The first-order valence-electron chi connectivity index (χ1n) is 8.32. The number of rotatable bonds is 4. The molecule has 0 bridgehead atoms. The number of nitro groups is 1. The Morgan fingerprint density at radius 3 is 2.87 bits per heavy atom. The maximum Gasteiger partial charge on any atom is 0.273 e. The Morgan fingerprint density at radius 1 is 1.26 bits per heavy atom. The molecule has 6 heteroatoms. The van der Waals surface area contributed by atoms with Crippen LogP contribution >= 0.6 is 0 Å². The zero-order chi connectivity index (χ0) is 16.2. The first kappa shape index (κ1) is 15.8. The van der Waals surface area contributed by atoms with Crippen LogP contribution < -0.4 is 4.74 Å². The minimum Gasteiger partial charge on any atom is -0.484 e. The highest BCUT2D eigenvalue weighted by Crippen LogP contribution is 2.35. The van der Waals surface area contributed by atoms with Gasteiger partial charge in [0, 0.05) is 18.7 Å². The van der Waals surface area contributed by atoms with Gasteiger partial charge in [-0.3, -0.25) is 14.9 Å². The second-order valence-corrected chi connectivity index (χ2v) is 6.38. The number of benzene rings is 1. The first-order chi connectivity index (χ1) is 11.1. The summed E-state index contributed by atoms with van der Waals surface area (Å²) in [6, 6.07) is 6.33. The molecule has 23 heavy (non-hydrogen) atoms. The second kappa shape index (κ2) is 6.98. The van der Waals surface area contributed by atoms with Gasteiger partial charge >= 0.3 is 0 Å². The molecule has 1 aliphatic carbocycles. The van der Waals surface area contributed by atoms with Gasteiger partial charge in [-0.05, 0) is 37.7 Å². The maximum atomic E-state index is 12.5. The van der Waals surface area contributed by atoms with Crippen molar-refractivity contribution in [2.24, 2.45) is 5.92 Å². The van der Waals surface area contributed by atoms with Crippen LogP contribution in [0, 0.1) is 16.0 Å². The third-order valence-electron chi connectivity index (χ3n) is 4.95. The Labute approximate surface area is 135 Å². The van der Waals surface area contributed by atoms with Crippen LogP contribution in [-0.2, 0) is 4.79 Å². The van der Waals surface area contributed by atoms with Gasteiger partial charge in [-0.2, -0.15) is 0 Å². The number of carbonyl (C=O) groups excluding carboxylic acids is 1. The molecule has 1 aliphatic heterocycles. The fourth-order valence-corrected chi connectivity index (χ4v) is 3.85. The molecule has 2 aliphatic rings. The molecule has 0 N–H and O–H groups in total. The molecule has 0 spiro atoms. The predicted octanol–water partition coefficient (Wildman–Crippen LogP) is 3.15. The largest absolute Gasteiger partial charge is 0.484 e.